The van der Waals surface area contributed by atoms with Gasteiger partial charge in [0.25, 0.3) is 0 Å². The van der Waals surface area contributed by atoms with Crippen LogP contribution in [0, 0.1) is 0 Å². The molecule has 6 heteroatoms. The molecule has 1 fully saturated rings. The number of piperidine rings is 1. The van der Waals surface area contributed by atoms with Gasteiger partial charge in [-0.1, -0.05) is 6.07 Å². The largest absolute Gasteiger partial charge is 0.378 e. The van der Waals surface area contributed by atoms with Crippen molar-refractivity contribution in [1.82, 2.24) is 9.29 Å². The molecule has 0 unspecified atom stereocenters. The Kier molecular flexibility index (Phi) is 4.87. The first-order valence-electron chi connectivity index (χ1n) is 8.16. The Morgan fingerprint density at radius 1 is 1.08 bits per heavy atom. The third-order valence-corrected chi connectivity index (χ3v) is 6.50. The minimum absolute atomic E-state index is 0.371. The molecule has 3 rings (SSSR count). The van der Waals surface area contributed by atoms with Crippen molar-refractivity contribution in [1.29, 1.82) is 0 Å². The van der Waals surface area contributed by atoms with Crippen LogP contribution in [-0.4, -0.2) is 44.9 Å². The second-order valence-corrected chi connectivity index (χ2v) is 8.29. The fraction of sp³-hybridized carbons (Fsp3) is 0.389. The highest BCUT2D eigenvalue weighted by molar-refractivity contribution is 7.89. The number of nitrogens with zero attached hydrogens (tertiary/aromatic N) is 3. The Balaban J connectivity index is 1.74. The fourth-order valence-corrected chi connectivity index (χ4v) is 4.65. The summed E-state index contributed by atoms with van der Waals surface area (Å²) >= 11 is 0. The number of sulfonamides is 1. The third-order valence-electron chi connectivity index (χ3n) is 4.60. The summed E-state index contributed by atoms with van der Waals surface area (Å²) in [6.45, 7) is 1.11. The number of rotatable bonds is 4. The fourth-order valence-electron chi connectivity index (χ4n) is 3.14. The van der Waals surface area contributed by atoms with Crippen molar-refractivity contribution < 1.29 is 8.42 Å². The van der Waals surface area contributed by atoms with E-state index in [4.69, 9.17) is 0 Å². The van der Waals surface area contributed by atoms with E-state index in [0.29, 0.717) is 23.9 Å². The van der Waals surface area contributed by atoms with Crippen LogP contribution in [-0.2, 0) is 10.0 Å². The normalized spacial score (nSPS) is 16.9. The van der Waals surface area contributed by atoms with E-state index in [0.717, 1.165) is 18.5 Å². The standard InChI is InChI=1S/C18H23N3O2S/c1-20(2)17-4-3-5-18(14-17)24(22,23)21-12-8-16(9-13-21)15-6-10-19-11-7-15/h3-7,10-11,14,16H,8-9,12-13H2,1-2H3. The lowest BCUT2D eigenvalue weighted by molar-refractivity contribution is 0.319. The van der Waals surface area contributed by atoms with E-state index in [2.05, 4.69) is 4.98 Å². The molecule has 1 aliphatic heterocycles. The third kappa shape index (κ3) is 3.44. The molecule has 0 bridgehead atoms. The Morgan fingerprint density at radius 3 is 2.38 bits per heavy atom. The maximum atomic E-state index is 12.9. The predicted octanol–water partition coefficient (Wildman–Crippen LogP) is 2.72. The number of pyridine rings is 1. The molecule has 1 aromatic carbocycles. The van der Waals surface area contributed by atoms with Crippen LogP contribution in [0.2, 0.25) is 0 Å². The van der Waals surface area contributed by atoms with Gasteiger partial charge in [-0.25, -0.2) is 8.42 Å². The quantitative estimate of drug-likeness (QED) is 0.855. The van der Waals surface area contributed by atoms with Gasteiger partial charge in [-0.3, -0.25) is 4.98 Å². The van der Waals surface area contributed by atoms with E-state index < -0.39 is 10.0 Å². The van der Waals surface area contributed by atoms with Crippen molar-refractivity contribution in [2.45, 2.75) is 23.7 Å². The summed E-state index contributed by atoms with van der Waals surface area (Å²) in [6, 6.07) is 11.2. The van der Waals surface area contributed by atoms with Crippen molar-refractivity contribution in [2.24, 2.45) is 0 Å². The first-order valence-corrected chi connectivity index (χ1v) is 9.60. The van der Waals surface area contributed by atoms with Gasteiger partial charge in [-0.05, 0) is 54.7 Å². The molecule has 24 heavy (non-hydrogen) atoms. The molecule has 1 aliphatic rings. The van der Waals surface area contributed by atoms with Crippen molar-refractivity contribution >= 4 is 15.7 Å². The lowest BCUT2D eigenvalue weighted by atomic mass is 9.91. The minimum Gasteiger partial charge on any atom is -0.378 e. The van der Waals surface area contributed by atoms with Crippen molar-refractivity contribution in [3.8, 4) is 0 Å². The molecule has 5 nitrogen and oxygen atoms in total. The summed E-state index contributed by atoms with van der Waals surface area (Å²) in [6.07, 6.45) is 5.28. The second kappa shape index (κ2) is 6.91. The van der Waals surface area contributed by atoms with Gasteiger partial charge in [0.05, 0.1) is 4.90 Å². The number of hydrogen-bond donors (Lipinski definition) is 0. The Bertz CT molecular complexity index is 783. The van der Waals surface area contributed by atoms with Crippen molar-refractivity contribution in [3.05, 3.63) is 54.4 Å². The van der Waals surface area contributed by atoms with Gasteiger partial charge in [0, 0.05) is 45.3 Å². The van der Waals surface area contributed by atoms with Crippen LogP contribution < -0.4 is 4.90 Å². The highest BCUT2D eigenvalue weighted by atomic mass is 32.2. The van der Waals surface area contributed by atoms with Gasteiger partial charge >= 0.3 is 0 Å². The van der Waals surface area contributed by atoms with E-state index in [-0.39, 0.29) is 0 Å². The Morgan fingerprint density at radius 2 is 1.75 bits per heavy atom. The molecule has 0 aliphatic carbocycles. The highest BCUT2D eigenvalue weighted by Crippen LogP contribution is 2.31. The molecule has 0 radical (unpaired) electrons. The summed E-state index contributed by atoms with van der Waals surface area (Å²) in [5, 5.41) is 0. The monoisotopic (exact) mass is 345 g/mol. The topological polar surface area (TPSA) is 53.5 Å². The maximum Gasteiger partial charge on any atom is 0.243 e. The highest BCUT2D eigenvalue weighted by Gasteiger charge is 2.30. The van der Waals surface area contributed by atoms with E-state index in [1.807, 2.05) is 37.2 Å². The molecule has 2 heterocycles. The molecule has 0 N–H and O–H groups in total. The molecule has 0 saturated carbocycles. The Labute approximate surface area is 144 Å². The van der Waals surface area contributed by atoms with E-state index >= 15 is 0 Å². The zero-order valence-electron chi connectivity index (χ0n) is 14.1. The average Bonchev–Trinajstić information content (AvgIpc) is 2.62. The molecule has 2 aromatic rings. The summed E-state index contributed by atoms with van der Waals surface area (Å²) in [5.41, 5.74) is 2.14. The zero-order valence-corrected chi connectivity index (χ0v) is 14.9. The first-order chi connectivity index (χ1) is 11.5. The van der Waals surface area contributed by atoms with Crippen LogP contribution in [0.1, 0.15) is 24.3 Å². The Hall–Kier alpha value is -1.92. The SMILES string of the molecule is CN(C)c1cccc(S(=O)(=O)N2CCC(c3ccncc3)CC2)c1. The van der Waals surface area contributed by atoms with E-state index in [1.165, 1.54) is 5.56 Å². The first kappa shape index (κ1) is 16.9. The molecule has 1 saturated heterocycles. The van der Waals surface area contributed by atoms with Gasteiger partial charge in [0.2, 0.25) is 10.0 Å². The predicted molar refractivity (Wildman–Crippen MR) is 95.7 cm³/mol. The van der Waals surface area contributed by atoms with Crippen molar-refractivity contribution in [2.75, 3.05) is 32.1 Å². The molecule has 0 amide bonds. The van der Waals surface area contributed by atoms with Gasteiger partial charge in [0.1, 0.15) is 0 Å². The molecular formula is C18H23N3O2S. The summed E-state index contributed by atoms with van der Waals surface area (Å²) in [4.78, 5) is 6.33. The average molecular weight is 345 g/mol. The van der Waals surface area contributed by atoms with Gasteiger partial charge in [0.15, 0.2) is 0 Å². The lowest BCUT2D eigenvalue weighted by Crippen LogP contribution is -2.37. The zero-order chi connectivity index (χ0) is 17.2. The summed E-state index contributed by atoms with van der Waals surface area (Å²) in [7, 11) is 0.388. The van der Waals surface area contributed by atoms with Gasteiger partial charge < -0.3 is 4.90 Å². The molecule has 0 atom stereocenters. The second-order valence-electron chi connectivity index (χ2n) is 6.35. The summed E-state index contributed by atoms with van der Waals surface area (Å²) < 4.78 is 27.4. The molecule has 128 valence electrons. The number of benzene rings is 1. The number of aromatic nitrogens is 1. The van der Waals surface area contributed by atoms with Crippen molar-refractivity contribution in [3.63, 3.8) is 0 Å². The van der Waals surface area contributed by atoms with Crippen LogP contribution in [0.4, 0.5) is 5.69 Å². The van der Waals surface area contributed by atoms with Crippen LogP contribution in [0.25, 0.3) is 0 Å². The molecule has 1 aromatic heterocycles. The van der Waals surface area contributed by atoms with Crippen LogP contribution in [0.3, 0.4) is 0 Å². The maximum absolute atomic E-state index is 12.9. The van der Waals surface area contributed by atoms with E-state index in [9.17, 15) is 8.42 Å². The van der Waals surface area contributed by atoms with Crippen LogP contribution in [0.15, 0.2) is 53.7 Å². The molecule has 0 spiro atoms. The molecular weight excluding hydrogens is 322 g/mol. The number of hydrogen-bond acceptors (Lipinski definition) is 4. The van der Waals surface area contributed by atoms with Gasteiger partial charge in [-0.15, -0.1) is 0 Å². The van der Waals surface area contributed by atoms with Crippen LogP contribution in [0.5, 0.6) is 0 Å². The minimum atomic E-state index is -3.43. The van der Waals surface area contributed by atoms with Gasteiger partial charge in [-0.2, -0.15) is 4.31 Å². The summed E-state index contributed by atoms with van der Waals surface area (Å²) in [5.74, 6) is 0.410. The lowest BCUT2D eigenvalue weighted by Gasteiger charge is -2.31. The smallest absolute Gasteiger partial charge is 0.243 e. The van der Waals surface area contributed by atoms with E-state index in [1.54, 1.807) is 34.9 Å². The number of anilines is 1. The van der Waals surface area contributed by atoms with Crippen LogP contribution >= 0.6 is 0 Å².